The molecule has 0 aliphatic rings. The maximum absolute atomic E-state index is 11.7. The summed E-state index contributed by atoms with van der Waals surface area (Å²) in [6.07, 6.45) is -0.0406. The molecule has 0 fully saturated rings. The van der Waals surface area contributed by atoms with Crippen molar-refractivity contribution < 1.29 is 24.6 Å². The zero-order valence-corrected chi connectivity index (χ0v) is 10.2. The summed E-state index contributed by atoms with van der Waals surface area (Å²) in [7, 11) is 1.51. The number of nitrogens with zero attached hydrogens (tertiary/aromatic N) is 1. The molecule has 0 radical (unpaired) electrons. The Labute approximate surface area is 109 Å². The molecular weight excluding hydrogens is 250 g/mol. The number of methoxy groups -OCH3 is 1. The van der Waals surface area contributed by atoms with E-state index >= 15 is 0 Å². The molecule has 1 aromatic carbocycles. The Morgan fingerprint density at radius 1 is 1.16 bits per heavy atom. The molecule has 2 rings (SSSR count). The van der Waals surface area contributed by atoms with E-state index in [2.05, 4.69) is 0 Å². The predicted octanol–water partition coefficient (Wildman–Crippen LogP) is 1.11. The molecule has 0 aliphatic carbocycles. The van der Waals surface area contributed by atoms with Gasteiger partial charge in [0.15, 0.2) is 0 Å². The number of hydrogen-bond donors (Lipinski definition) is 2. The predicted molar refractivity (Wildman–Crippen MR) is 66.0 cm³/mol. The Kier molecular flexibility index (Phi) is 3.61. The molecule has 2 N–H and O–H groups in total. The minimum atomic E-state index is -0.633. The van der Waals surface area contributed by atoms with Gasteiger partial charge in [-0.25, -0.2) is 4.79 Å². The number of para-hydroxylation sites is 1. The van der Waals surface area contributed by atoms with Gasteiger partial charge in [0.1, 0.15) is 5.75 Å². The van der Waals surface area contributed by atoms with Gasteiger partial charge in [-0.1, -0.05) is 18.2 Å². The number of carbonyl (C=O) groups is 1. The van der Waals surface area contributed by atoms with Crippen molar-refractivity contribution in [2.24, 2.45) is 0 Å². The fraction of sp³-hybridized carbons (Fsp3) is 0.154. The van der Waals surface area contributed by atoms with Crippen LogP contribution in [0.25, 0.3) is 0 Å². The van der Waals surface area contributed by atoms with E-state index in [1.54, 1.807) is 24.3 Å². The van der Waals surface area contributed by atoms with Crippen molar-refractivity contribution in [2.75, 3.05) is 7.11 Å². The minimum absolute atomic E-state index is 0.0406. The standard InChI is InChI=1S/C13H13NO5/c1-18-10-5-3-2-4-9(10)8-13(17)19-14-11(15)6-7-12(14)16/h2-7,15-16H,8H2,1H3. The fourth-order valence-corrected chi connectivity index (χ4v) is 1.63. The van der Waals surface area contributed by atoms with E-state index in [1.807, 2.05) is 0 Å². The molecular formula is C13H13NO5. The van der Waals surface area contributed by atoms with Gasteiger partial charge in [-0.05, 0) is 6.07 Å². The Bertz CT molecular complexity index is 571. The zero-order valence-electron chi connectivity index (χ0n) is 10.2. The molecule has 1 aromatic heterocycles. The molecule has 0 amide bonds. The second-order valence-electron chi connectivity index (χ2n) is 3.80. The van der Waals surface area contributed by atoms with Crippen LogP contribution in [0.4, 0.5) is 0 Å². The number of aromatic nitrogens is 1. The van der Waals surface area contributed by atoms with Crippen molar-refractivity contribution >= 4 is 5.97 Å². The second-order valence-corrected chi connectivity index (χ2v) is 3.80. The van der Waals surface area contributed by atoms with Gasteiger partial charge < -0.3 is 19.8 Å². The van der Waals surface area contributed by atoms with Crippen LogP contribution in [0.2, 0.25) is 0 Å². The van der Waals surface area contributed by atoms with Crippen molar-refractivity contribution in [3.8, 4) is 17.5 Å². The molecule has 19 heavy (non-hydrogen) atoms. The van der Waals surface area contributed by atoms with Gasteiger partial charge in [-0.3, -0.25) is 0 Å². The topological polar surface area (TPSA) is 80.9 Å². The zero-order chi connectivity index (χ0) is 13.8. The molecule has 1 heterocycles. The summed E-state index contributed by atoms with van der Waals surface area (Å²) in [5.74, 6) is -0.775. The molecule has 0 aliphatic heterocycles. The monoisotopic (exact) mass is 263 g/mol. The number of aromatic hydroxyl groups is 2. The maximum Gasteiger partial charge on any atom is 0.337 e. The first-order chi connectivity index (χ1) is 9.11. The van der Waals surface area contributed by atoms with Crippen LogP contribution in [0.1, 0.15) is 5.56 Å². The number of carbonyl (C=O) groups excluding carboxylic acids is 1. The van der Waals surface area contributed by atoms with E-state index in [0.29, 0.717) is 16.0 Å². The van der Waals surface area contributed by atoms with Gasteiger partial charge in [0.2, 0.25) is 11.8 Å². The summed E-state index contributed by atoms with van der Waals surface area (Å²) >= 11 is 0. The molecule has 100 valence electrons. The number of ether oxygens (including phenoxy) is 1. The van der Waals surface area contributed by atoms with Crippen molar-refractivity contribution in [2.45, 2.75) is 6.42 Å². The lowest BCUT2D eigenvalue weighted by Crippen LogP contribution is -2.21. The molecule has 6 nitrogen and oxygen atoms in total. The summed E-state index contributed by atoms with van der Waals surface area (Å²) in [5.41, 5.74) is 0.654. The highest BCUT2D eigenvalue weighted by Crippen LogP contribution is 2.20. The Morgan fingerprint density at radius 3 is 2.42 bits per heavy atom. The SMILES string of the molecule is COc1ccccc1CC(=O)On1c(O)ccc1O. The Morgan fingerprint density at radius 2 is 1.79 bits per heavy atom. The van der Waals surface area contributed by atoms with E-state index < -0.39 is 5.97 Å². The molecule has 0 atom stereocenters. The van der Waals surface area contributed by atoms with Crippen LogP contribution in [-0.2, 0) is 11.2 Å². The van der Waals surface area contributed by atoms with E-state index in [1.165, 1.54) is 19.2 Å². The Hall–Kier alpha value is -2.63. The highest BCUT2D eigenvalue weighted by Gasteiger charge is 2.14. The highest BCUT2D eigenvalue weighted by atomic mass is 16.7. The van der Waals surface area contributed by atoms with Crippen LogP contribution in [0, 0.1) is 0 Å². The molecule has 0 bridgehead atoms. The van der Waals surface area contributed by atoms with E-state index in [4.69, 9.17) is 9.57 Å². The number of rotatable bonds is 4. The summed E-state index contributed by atoms with van der Waals surface area (Å²) in [4.78, 5) is 16.6. The van der Waals surface area contributed by atoms with Crippen molar-refractivity contribution in [3.05, 3.63) is 42.0 Å². The van der Waals surface area contributed by atoms with E-state index in [9.17, 15) is 15.0 Å². The number of benzene rings is 1. The normalized spacial score (nSPS) is 10.2. The average Bonchev–Trinajstić information content (AvgIpc) is 2.71. The van der Waals surface area contributed by atoms with Gasteiger partial charge in [0.25, 0.3) is 0 Å². The molecule has 0 spiro atoms. The average molecular weight is 263 g/mol. The van der Waals surface area contributed by atoms with Gasteiger partial charge in [-0.2, -0.15) is 0 Å². The molecule has 0 unspecified atom stereocenters. The van der Waals surface area contributed by atoms with Crippen molar-refractivity contribution in [1.82, 2.24) is 4.73 Å². The molecule has 6 heteroatoms. The summed E-state index contributed by atoms with van der Waals surface area (Å²) in [6, 6.07) is 9.45. The fourth-order valence-electron chi connectivity index (χ4n) is 1.63. The van der Waals surface area contributed by atoms with Crippen LogP contribution in [0.15, 0.2) is 36.4 Å². The Balaban J connectivity index is 2.10. The summed E-state index contributed by atoms with van der Waals surface area (Å²) < 4.78 is 5.77. The van der Waals surface area contributed by atoms with E-state index in [-0.39, 0.29) is 18.2 Å². The third-order valence-corrected chi connectivity index (χ3v) is 2.52. The molecule has 0 saturated heterocycles. The lowest BCUT2D eigenvalue weighted by Gasteiger charge is -2.09. The minimum Gasteiger partial charge on any atom is -0.496 e. The first kappa shape index (κ1) is 12.8. The largest absolute Gasteiger partial charge is 0.496 e. The van der Waals surface area contributed by atoms with Gasteiger partial charge >= 0.3 is 5.97 Å². The smallest absolute Gasteiger partial charge is 0.337 e. The third kappa shape index (κ3) is 2.79. The molecule has 2 aromatic rings. The van der Waals surface area contributed by atoms with Crippen LogP contribution < -0.4 is 9.57 Å². The summed E-state index contributed by atoms with van der Waals surface area (Å²) in [5, 5.41) is 18.7. The van der Waals surface area contributed by atoms with Crippen LogP contribution in [0.5, 0.6) is 17.5 Å². The van der Waals surface area contributed by atoms with Crippen LogP contribution >= 0.6 is 0 Å². The van der Waals surface area contributed by atoms with Crippen LogP contribution in [-0.4, -0.2) is 28.0 Å². The van der Waals surface area contributed by atoms with Gasteiger partial charge in [-0.15, -0.1) is 4.73 Å². The number of hydrogen-bond acceptors (Lipinski definition) is 5. The third-order valence-electron chi connectivity index (χ3n) is 2.52. The second kappa shape index (κ2) is 5.34. The highest BCUT2D eigenvalue weighted by molar-refractivity contribution is 5.74. The van der Waals surface area contributed by atoms with Gasteiger partial charge in [0, 0.05) is 17.7 Å². The quantitative estimate of drug-likeness (QED) is 0.863. The molecule has 0 saturated carbocycles. The van der Waals surface area contributed by atoms with Crippen molar-refractivity contribution in [1.29, 1.82) is 0 Å². The first-order valence-corrected chi connectivity index (χ1v) is 5.54. The van der Waals surface area contributed by atoms with Crippen LogP contribution in [0.3, 0.4) is 0 Å². The first-order valence-electron chi connectivity index (χ1n) is 5.54. The maximum atomic E-state index is 11.7. The summed E-state index contributed by atoms with van der Waals surface area (Å²) in [6.45, 7) is 0. The lowest BCUT2D eigenvalue weighted by molar-refractivity contribution is -0.144. The lowest BCUT2D eigenvalue weighted by atomic mass is 10.1. The van der Waals surface area contributed by atoms with E-state index in [0.717, 1.165) is 0 Å². The van der Waals surface area contributed by atoms with Gasteiger partial charge in [0.05, 0.1) is 13.5 Å². The van der Waals surface area contributed by atoms with Crippen molar-refractivity contribution in [3.63, 3.8) is 0 Å².